The molecule has 1 aromatic heterocycles. The molecule has 1 aromatic carbocycles. The molecule has 37 heavy (non-hydrogen) atoms. The van der Waals surface area contributed by atoms with Crippen molar-refractivity contribution in [2.75, 3.05) is 13.3 Å². The summed E-state index contributed by atoms with van der Waals surface area (Å²) in [5.41, 5.74) is 0.978. The molecule has 0 saturated carbocycles. The summed E-state index contributed by atoms with van der Waals surface area (Å²) in [6.45, 7) is 7.51. The Bertz CT molecular complexity index is 960. The van der Waals surface area contributed by atoms with Gasteiger partial charge in [-0.25, -0.2) is 0 Å². The average molecular weight is 529 g/mol. The highest BCUT2D eigenvalue weighted by Gasteiger charge is 2.24. The first kappa shape index (κ1) is 29.0. The topological polar surface area (TPSA) is 59.1 Å². The summed E-state index contributed by atoms with van der Waals surface area (Å²) in [5.74, 6) is 1.47. The number of unbranched alkanes of at least 4 members (excludes halogenated alkanes) is 8. The number of ether oxygens (including phenoxy) is 2. The van der Waals surface area contributed by atoms with Crippen LogP contribution in [-0.2, 0) is 22.7 Å². The molecular formula is C30H44N2O4S. The zero-order valence-electron chi connectivity index (χ0n) is 22.9. The first-order chi connectivity index (χ1) is 18.0. The molecule has 2 amide bonds. The molecule has 6 nitrogen and oxygen atoms in total. The van der Waals surface area contributed by atoms with Gasteiger partial charge < -0.3 is 19.3 Å². The van der Waals surface area contributed by atoms with Crippen LogP contribution in [0.2, 0.25) is 0 Å². The highest BCUT2D eigenvalue weighted by molar-refractivity contribution is 7.09. The maximum atomic E-state index is 13.5. The molecule has 2 heterocycles. The quantitative estimate of drug-likeness (QED) is 0.204. The first-order valence-corrected chi connectivity index (χ1v) is 14.8. The van der Waals surface area contributed by atoms with Gasteiger partial charge in [0.15, 0.2) is 11.5 Å². The van der Waals surface area contributed by atoms with Gasteiger partial charge in [0.25, 0.3) is 0 Å². The lowest BCUT2D eigenvalue weighted by atomic mass is 10.1. The van der Waals surface area contributed by atoms with Gasteiger partial charge in [-0.1, -0.05) is 70.4 Å². The summed E-state index contributed by atoms with van der Waals surface area (Å²) >= 11 is 1.63. The van der Waals surface area contributed by atoms with Crippen molar-refractivity contribution in [3.05, 3.63) is 46.2 Å². The predicted molar refractivity (Wildman–Crippen MR) is 150 cm³/mol. The molecule has 0 spiro atoms. The molecule has 0 unspecified atom stereocenters. The van der Waals surface area contributed by atoms with E-state index in [4.69, 9.17) is 9.47 Å². The number of hydrogen-bond acceptors (Lipinski definition) is 5. The van der Waals surface area contributed by atoms with Gasteiger partial charge in [0.05, 0.1) is 13.1 Å². The van der Waals surface area contributed by atoms with Crippen molar-refractivity contribution in [3.63, 3.8) is 0 Å². The predicted octanol–water partition coefficient (Wildman–Crippen LogP) is 7.16. The van der Waals surface area contributed by atoms with Gasteiger partial charge in [-0.15, -0.1) is 11.3 Å². The van der Waals surface area contributed by atoms with Gasteiger partial charge in [0, 0.05) is 23.9 Å². The maximum absolute atomic E-state index is 13.5. The van der Waals surface area contributed by atoms with Crippen molar-refractivity contribution >= 4 is 23.2 Å². The second-order valence-corrected chi connectivity index (χ2v) is 11.2. The molecule has 0 bridgehead atoms. The minimum atomic E-state index is -0.0415. The van der Waals surface area contributed by atoms with Gasteiger partial charge in [-0.05, 0) is 49.4 Å². The molecule has 0 saturated heterocycles. The summed E-state index contributed by atoms with van der Waals surface area (Å²) in [7, 11) is 0. The molecule has 3 rings (SSSR count). The number of nitrogens with zero attached hydrogens (tertiary/aromatic N) is 2. The summed E-state index contributed by atoms with van der Waals surface area (Å²) in [4.78, 5) is 31.3. The molecule has 0 aliphatic carbocycles. The van der Waals surface area contributed by atoms with E-state index in [1.165, 1.54) is 44.9 Å². The van der Waals surface area contributed by atoms with E-state index in [0.717, 1.165) is 29.0 Å². The SMILES string of the molecule is CCCCCCCCCCCC(=O)N(CC(=O)N(Cc1ccc2c(c1)OCO2)Cc1cccs1)C(C)C. The zero-order valence-corrected chi connectivity index (χ0v) is 23.7. The van der Waals surface area contributed by atoms with Gasteiger partial charge in [0.1, 0.15) is 0 Å². The number of benzene rings is 1. The molecule has 0 radical (unpaired) electrons. The van der Waals surface area contributed by atoms with E-state index in [9.17, 15) is 9.59 Å². The first-order valence-electron chi connectivity index (χ1n) is 14.0. The largest absolute Gasteiger partial charge is 0.454 e. The Morgan fingerprint density at radius 2 is 1.59 bits per heavy atom. The van der Waals surface area contributed by atoms with Gasteiger partial charge >= 0.3 is 0 Å². The van der Waals surface area contributed by atoms with Crippen molar-refractivity contribution in [2.45, 2.75) is 104 Å². The van der Waals surface area contributed by atoms with Crippen molar-refractivity contribution in [1.29, 1.82) is 0 Å². The summed E-state index contributed by atoms with van der Waals surface area (Å²) in [6.07, 6.45) is 11.5. The molecule has 204 valence electrons. The Hall–Kier alpha value is -2.54. The third-order valence-corrected chi connectivity index (χ3v) is 7.69. The lowest BCUT2D eigenvalue weighted by molar-refractivity contribution is -0.142. The third kappa shape index (κ3) is 9.69. The lowest BCUT2D eigenvalue weighted by Crippen LogP contribution is -2.45. The van der Waals surface area contributed by atoms with E-state index in [2.05, 4.69) is 6.92 Å². The van der Waals surface area contributed by atoms with Crippen LogP contribution >= 0.6 is 11.3 Å². The second kappa shape index (κ2) is 15.7. The number of amides is 2. The Morgan fingerprint density at radius 3 is 2.27 bits per heavy atom. The smallest absolute Gasteiger partial charge is 0.242 e. The van der Waals surface area contributed by atoms with Crippen LogP contribution in [0, 0.1) is 0 Å². The Labute approximate surface area is 226 Å². The normalized spacial score (nSPS) is 12.2. The standard InChI is InChI=1S/C30H44N2O4S/c1-4-5-6-7-8-9-10-11-12-15-29(33)32(24(2)3)22-30(34)31(21-26-14-13-18-37-26)20-25-16-17-27-28(19-25)36-23-35-27/h13-14,16-19,24H,4-12,15,20-23H2,1-3H3. The van der Waals surface area contributed by atoms with E-state index < -0.39 is 0 Å². The minimum absolute atomic E-state index is 0.0239. The van der Waals surface area contributed by atoms with E-state index in [-0.39, 0.29) is 31.2 Å². The van der Waals surface area contributed by atoms with E-state index in [1.807, 2.05) is 54.5 Å². The number of hydrogen-bond donors (Lipinski definition) is 0. The summed E-state index contributed by atoms with van der Waals surface area (Å²) < 4.78 is 10.9. The van der Waals surface area contributed by atoms with Crippen molar-refractivity contribution in [1.82, 2.24) is 9.80 Å². The molecule has 1 aliphatic heterocycles. The second-order valence-electron chi connectivity index (χ2n) is 10.2. The van der Waals surface area contributed by atoms with Crippen molar-refractivity contribution < 1.29 is 19.1 Å². The van der Waals surface area contributed by atoms with Gasteiger partial charge in [0.2, 0.25) is 18.6 Å². The number of thiophene rings is 1. The van der Waals surface area contributed by atoms with Crippen LogP contribution < -0.4 is 9.47 Å². The molecule has 7 heteroatoms. The van der Waals surface area contributed by atoms with Crippen molar-refractivity contribution in [2.24, 2.45) is 0 Å². The lowest BCUT2D eigenvalue weighted by Gasteiger charge is -2.30. The third-order valence-electron chi connectivity index (χ3n) is 6.83. The maximum Gasteiger partial charge on any atom is 0.242 e. The van der Waals surface area contributed by atoms with E-state index in [1.54, 1.807) is 16.2 Å². The highest BCUT2D eigenvalue weighted by atomic mass is 32.1. The number of carbonyl (C=O) groups excluding carboxylic acids is 2. The number of rotatable bonds is 17. The molecular weight excluding hydrogens is 484 g/mol. The molecule has 1 aliphatic rings. The number of fused-ring (bicyclic) bond motifs is 1. The van der Waals surface area contributed by atoms with Crippen LogP contribution in [0.4, 0.5) is 0 Å². The molecule has 0 atom stereocenters. The van der Waals surface area contributed by atoms with Crippen LogP contribution in [-0.4, -0.2) is 41.0 Å². The summed E-state index contributed by atoms with van der Waals surface area (Å²) in [5, 5.41) is 2.02. The summed E-state index contributed by atoms with van der Waals surface area (Å²) in [6, 6.07) is 9.81. The van der Waals surface area contributed by atoms with Gasteiger partial charge in [-0.3, -0.25) is 9.59 Å². The monoisotopic (exact) mass is 528 g/mol. The molecule has 0 fully saturated rings. The van der Waals surface area contributed by atoms with Gasteiger partial charge in [-0.2, -0.15) is 0 Å². The van der Waals surface area contributed by atoms with Crippen molar-refractivity contribution in [3.8, 4) is 11.5 Å². The molecule has 2 aromatic rings. The van der Waals surface area contributed by atoms with Crippen LogP contribution in [0.3, 0.4) is 0 Å². The number of carbonyl (C=O) groups is 2. The fourth-order valence-electron chi connectivity index (χ4n) is 4.62. The van der Waals surface area contributed by atoms with Crippen LogP contribution in [0.5, 0.6) is 11.5 Å². The van der Waals surface area contributed by atoms with E-state index >= 15 is 0 Å². The zero-order chi connectivity index (χ0) is 26.5. The van der Waals surface area contributed by atoms with Crippen LogP contribution in [0.1, 0.15) is 95.4 Å². The highest BCUT2D eigenvalue weighted by Crippen LogP contribution is 2.33. The fourth-order valence-corrected chi connectivity index (χ4v) is 5.34. The molecule has 0 N–H and O–H groups in total. The van der Waals surface area contributed by atoms with Crippen LogP contribution in [0.15, 0.2) is 35.7 Å². The average Bonchev–Trinajstić information content (AvgIpc) is 3.57. The Balaban J connectivity index is 1.53. The Kier molecular flexibility index (Phi) is 12.3. The minimum Gasteiger partial charge on any atom is -0.454 e. The Morgan fingerprint density at radius 1 is 0.892 bits per heavy atom. The fraction of sp³-hybridized carbons (Fsp3) is 0.600. The van der Waals surface area contributed by atoms with E-state index in [0.29, 0.717) is 25.3 Å². The van der Waals surface area contributed by atoms with Crippen LogP contribution in [0.25, 0.3) is 0 Å².